The molecular weight excluding hydrogens is 244 g/mol. The van der Waals surface area contributed by atoms with Gasteiger partial charge < -0.3 is 9.84 Å². The van der Waals surface area contributed by atoms with Crippen molar-refractivity contribution in [3.8, 4) is 11.8 Å². The van der Waals surface area contributed by atoms with E-state index in [9.17, 15) is 4.79 Å². The molecule has 0 atom stereocenters. The highest BCUT2D eigenvalue weighted by molar-refractivity contribution is 5.88. The zero-order valence-electron chi connectivity index (χ0n) is 9.91. The van der Waals surface area contributed by atoms with Crippen LogP contribution in [0.1, 0.15) is 21.6 Å². The van der Waals surface area contributed by atoms with Crippen molar-refractivity contribution < 1.29 is 14.6 Å². The lowest BCUT2D eigenvalue weighted by Gasteiger charge is -2.08. The van der Waals surface area contributed by atoms with Crippen molar-refractivity contribution in [2.45, 2.75) is 6.61 Å². The summed E-state index contributed by atoms with van der Waals surface area (Å²) >= 11 is 0. The van der Waals surface area contributed by atoms with Gasteiger partial charge in [0.25, 0.3) is 0 Å². The van der Waals surface area contributed by atoms with Crippen LogP contribution in [0.15, 0.2) is 42.6 Å². The van der Waals surface area contributed by atoms with Crippen molar-refractivity contribution in [3.63, 3.8) is 0 Å². The third-order valence-electron chi connectivity index (χ3n) is 2.42. The molecule has 0 saturated carbocycles. The Morgan fingerprint density at radius 1 is 1.37 bits per heavy atom. The van der Waals surface area contributed by atoms with Crippen LogP contribution >= 0.6 is 0 Å². The lowest BCUT2D eigenvalue weighted by molar-refractivity contribution is 0.0685. The zero-order chi connectivity index (χ0) is 13.7. The van der Waals surface area contributed by atoms with E-state index in [1.54, 1.807) is 36.4 Å². The van der Waals surface area contributed by atoms with Gasteiger partial charge in [0, 0.05) is 6.20 Å². The van der Waals surface area contributed by atoms with Crippen molar-refractivity contribution >= 4 is 5.97 Å². The summed E-state index contributed by atoms with van der Waals surface area (Å²) in [6.45, 7) is 0.182. The Balaban J connectivity index is 2.15. The molecule has 94 valence electrons. The quantitative estimate of drug-likeness (QED) is 0.904. The number of carbonyl (C=O) groups is 1. The number of rotatable bonds is 4. The first-order valence-electron chi connectivity index (χ1n) is 5.51. The highest BCUT2D eigenvalue weighted by Crippen LogP contribution is 2.17. The van der Waals surface area contributed by atoms with Crippen molar-refractivity contribution in [2.24, 2.45) is 0 Å². The van der Waals surface area contributed by atoms with Gasteiger partial charge in [0.2, 0.25) is 0 Å². The SMILES string of the molecule is N#Cc1cccc(COc2cccnc2C(=O)O)c1. The van der Waals surface area contributed by atoms with Crippen LogP contribution in [0.2, 0.25) is 0 Å². The lowest BCUT2D eigenvalue weighted by Crippen LogP contribution is -2.05. The Labute approximate surface area is 109 Å². The van der Waals surface area contributed by atoms with E-state index in [4.69, 9.17) is 15.1 Å². The van der Waals surface area contributed by atoms with E-state index in [2.05, 4.69) is 4.98 Å². The van der Waals surface area contributed by atoms with Gasteiger partial charge in [-0.05, 0) is 29.8 Å². The number of carboxylic acid groups (broad SMARTS) is 1. The van der Waals surface area contributed by atoms with Gasteiger partial charge in [0.15, 0.2) is 11.4 Å². The third-order valence-corrected chi connectivity index (χ3v) is 2.42. The molecule has 0 fully saturated rings. The van der Waals surface area contributed by atoms with Gasteiger partial charge in [-0.3, -0.25) is 0 Å². The van der Waals surface area contributed by atoms with E-state index in [1.165, 1.54) is 6.20 Å². The highest BCUT2D eigenvalue weighted by atomic mass is 16.5. The third kappa shape index (κ3) is 3.07. The van der Waals surface area contributed by atoms with E-state index in [-0.39, 0.29) is 18.1 Å². The van der Waals surface area contributed by atoms with Gasteiger partial charge in [-0.15, -0.1) is 0 Å². The molecule has 1 heterocycles. The van der Waals surface area contributed by atoms with Gasteiger partial charge in [-0.2, -0.15) is 5.26 Å². The maximum absolute atomic E-state index is 10.9. The molecule has 2 aromatic rings. The summed E-state index contributed by atoms with van der Waals surface area (Å²) in [4.78, 5) is 14.7. The molecule has 0 aliphatic heterocycles. The van der Waals surface area contributed by atoms with Crippen LogP contribution in [-0.4, -0.2) is 16.1 Å². The summed E-state index contributed by atoms with van der Waals surface area (Å²) < 4.78 is 5.43. The minimum absolute atomic E-state index is 0.126. The molecule has 5 nitrogen and oxygen atoms in total. The molecule has 1 N–H and O–H groups in total. The number of benzene rings is 1. The van der Waals surface area contributed by atoms with E-state index in [1.807, 2.05) is 6.07 Å². The van der Waals surface area contributed by atoms with Gasteiger partial charge in [-0.25, -0.2) is 9.78 Å². The van der Waals surface area contributed by atoms with Crippen molar-refractivity contribution in [1.29, 1.82) is 5.26 Å². The fraction of sp³-hybridized carbons (Fsp3) is 0.0714. The molecule has 2 rings (SSSR count). The van der Waals surface area contributed by atoms with E-state index in [0.29, 0.717) is 5.56 Å². The minimum atomic E-state index is -1.14. The fourth-order valence-corrected chi connectivity index (χ4v) is 1.56. The number of aromatic nitrogens is 1. The average Bonchev–Trinajstić information content (AvgIpc) is 2.45. The summed E-state index contributed by atoms with van der Waals surface area (Å²) in [7, 11) is 0. The molecule has 5 heteroatoms. The molecular formula is C14H10N2O3. The molecule has 1 aromatic carbocycles. The molecule has 0 spiro atoms. The number of hydrogen-bond donors (Lipinski definition) is 1. The number of hydrogen-bond acceptors (Lipinski definition) is 4. The Morgan fingerprint density at radius 2 is 2.21 bits per heavy atom. The molecule has 0 unspecified atom stereocenters. The van der Waals surface area contributed by atoms with Crippen LogP contribution in [-0.2, 0) is 6.61 Å². The van der Waals surface area contributed by atoms with Gasteiger partial charge in [0.05, 0.1) is 11.6 Å². The van der Waals surface area contributed by atoms with Crippen LogP contribution < -0.4 is 4.74 Å². The second-order valence-electron chi connectivity index (χ2n) is 3.76. The zero-order valence-corrected chi connectivity index (χ0v) is 9.91. The smallest absolute Gasteiger partial charge is 0.358 e. The Bertz CT molecular complexity index is 647. The monoisotopic (exact) mass is 254 g/mol. The second-order valence-corrected chi connectivity index (χ2v) is 3.76. The summed E-state index contributed by atoms with van der Waals surface area (Å²) in [6, 6.07) is 12.1. The van der Waals surface area contributed by atoms with Crippen molar-refractivity contribution in [3.05, 3.63) is 59.4 Å². The molecule has 0 aliphatic rings. The van der Waals surface area contributed by atoms with Gasteiger partial charge in [0.1, 0.15) is 6.61 Å². The van der Waals surface area contributed by atoms with Gasteiger partial charge >= 0.3 is 5.97 Å². The molecule has 0 radical (unpaired) electrons. The number of nitrogens with zero attached hydrogens (tertiary/aromatic N) is 2. The van der Waals surface area contributed by atoms with Crippen LogP contribution in [0, 0.1) is 11.3 Å². The molecule has 1 aromatic heterocycles. The topological polar surface area (TPSA) is 83.2 Å². The first-order valence-corrected chi connectivity index (χ1v) is 5.51. The normalized spacial score (nSPS) is 9.63. The summed E-state index contributed by atoms with van der Waals surface area (Å²) in [5.41, 5.74) is 1.20. The van der Waals surface area contributed by atoms with Crippen molar-refractivity contribution in [2.75, 3.05) is 0 Å². The molecule has 19 heavy (non-hydrogen) atoms. The van der Waals surface area contributed by atoms with Crippen LogP contribution in [0.25, 0.3) is 0 Å². The molecule has 0 bridgehead atoms. The van der Waals surface area contributed by atoms with E-state index in [0.717, 1.165) is 5.56 Å². The predicted octanol–water partition coefficient (Wildman–Crippen LogP) is 2.23. The number of nitriles is 1. The van der Waals surface area contributed by atoms with Crippen LogP contribution in [0.3, 0.4) is 0 Å². The Kier molecular flexibility index (Phi) is 3.74. The van der Waals surface area contributed by atoms with Gasteiger partial charge in [-0.1, -0.05) is 12.1 Å². The minimum Gasteiger partial charge on any atom is -0.486 e. The number of carboxylic acids is 1. The lowest BCUT2D eigenvalue weighted by atomic mass is 10.1. The molecule has 0 aliphatic carbocycles. The first kappa shape index (κ1) is 12.6. The van der Waals surface area contributed by atoms with Crippen molar-refractivity contribution in [1.82, 2.24) is 4.98 Å². The average molecular weight is 254 g/mol. The summed E-state index contributed by atoms with van der Waals surface area (Å²) in [5.74, 6) is -0.932. The number of ether oxygens (including phenoxy) is 1. The largest absolute Gasteiger partial charge is 0.486 e. The Morgan fingerprint density at radius 3 is 2.95 bits per heavy atom. The van der Waals surface area contributed by atoms with Crippen LogP contribution in [0.5, 0.6) is 5.75 Å². The highest BCUT2D eigenvalue weighted by Gasteiger charge is 2.12. The Hall–Kier alpha value is -2.87. The maximum Gasteiger partial charge on any atom is 0.358 e. The van der Waals surface area contributed by atoms with Crippen LogP contribution in [0.4, 0.5) is 0 Å². The first-order chi connectivity index (χ1) is 9.20. The maximum atomic E-state index is 10.9. The number of aromatic carboxylic acids is 1. The standard InChI is InChI=1S/C14H10N2O3/c15-8-10-3-1-4-11(7-10)9-19-12-5-2-6-16-13(12)14(17)18/h1-7H,9H2,(H,17,18). The fourth-order valence-electron chi connectivity index (χ4n) is 1.56. The summed E-state index contributed by atoms with van der Waals surface area (Å²) in [5, 5.41) is 17.7. The number of pyridine rings is 1. The van der Waals surface area contributed by atoms with E-state index >= 15 is 0 Å². The van der Waals surface area contributed by atoms with E-state index < -0.39 is 5.97 Å². The summed E-state index contributed by atoms with van der Waals surface area (Å²) in [6.07, 6.45) is 1.40. The molecule has 0 saturated heterocycles. The molecule has 0 amide bonds. The second kappa shape index (κ2) is 5.65. The predicted molar refractivity (Wildman–Crippen MR) is 66.7 cm³/mol.